The molecule has 0 aliphatic carbocycles. The number of aliphatic hydroxyl groups is 1. The van der Waals surface area contributed by atoms with Crippen LogP contribution < -0.4 is 0 Å². The summed E-state index contributed by atoms with van der Waals surface area (Å²) in [4.78, 5) is 4.32. The fraction of sp³-hybridized carbons (Fsp3) is 0.600. The molecule has 1 unspecified atom stereocenters. The topological polar surface area (TPSA) is 56.9 Å². The van der Waals surface area contributed by atoms with Crippen LogP contribution in [0.15, 0.2) is 5.38 Å². The molecule has 1 atom stereocenters. The van der Waals surface area contributed by atoms with E-state index in [0.29, 0.717) is 5.69 Å². The first-order valence-corrected chi connectivity index (χ1v) is 5.34. The normalized spacial score (nSPS) is 13.6. The van der Waals surface area contributed by atoms with Gasteiger partial charge >= 0.3 is 0 Å². The number of nitrogens with zero attached hydrogens (tertiary/aromatic N) is 2. The van der Waals surface area contributed by atoms with Gasteiger partial charge in [0.25, 0.3) is 0 Å². The lowest BCUT2D eigenvalue weighted by atomic mass is 9.98. The molecule has 0 spiro atoms. The van der Waals surface area contributed by atoms with Gasteiger partial charge in [0.05, 0.1) is 23.2 Å². The van der Waals surface area contributed by atoms with Crippen molar-refractivity contribution in [3.63, 3.8) is 0 Å². The van der Waals surface area contributed by atoms with Gasteiger partial charge in [0.15, 0.2) is 0 Å². The maximum absolute atomic E-state index is 9.52. The van der Waals surface area contributed by atoms with Gasteiger partial charge in [-0.2, -0.15) is 5.26 Å². The van der Waals surface area contributed by atoms with Crippen LogP contribution in [-0.4, -0.2) is 10.1 Å². The monoisotopic (exact) mass is 210 g/mol. The van der Waals surface area contributed by atoms with Crippen molar-refractivity contribution in [2.45, 2.75) is 38.7 Å². The summed E-state index contributed by atoms with van der Waals surface area (Å²) in [6.07, 6.45) is -0.639. The number of thiazole rings is 1. The highest BCUT2D eigenvalue weighted by Crippen LogP contribution is 2.28. The summed E-state index contributed by atoms with van der Waals surface area (Å²) in [5.41, 5.74) is 0.622. The molecule has 0 aliphatic heterocycles. The number of hydrogen-bond donors (Lipinski definition) is 1. The van der Waals surface area contributed by atoms with E-state index in [1.807, 2.05) is 11.4 Å². The molecule has 1 aromatic heterocycles. The highest BCUT2D eigenvalue weighted by molar-refractivity contribution is 7.09. The van der Waals surface area contributed by atoms with E-state index in [2.05, 4.69) is 25.8 Å². The molecular weight excluding hydrogens is 196 g/mol. The molecule has 0 saturated carbocycles. The maximum Gasteiger partial charge on any atom is 0.110 e. The lowest BCUT2D eigenvalue weighted by molar-refractivity contribution is 0.179. The van der Waals surface area contributed by atoms with E-state index in [0.717, 1.165) is 5.01 Å². The van der Waals surface area contributed by atoms with Crippen LogP contribution in [0.5, 0.6) is 0 Å². The van der Waals surface area contributed by atoms with E-state index in [1.54, 1.807) is 0 Å². The van der Waals surface area contributed by atoms with E-state index in [9.17, 15) is 5.11 Å². The van der Waals surface area contributed by atoms with Crippen LogP contribution >= 0.6 is 11.3 Å². The molecule has 14 heavy (non-hydrogen) atoms. The van der Waals surface area contributed by atoms with Crippen molar-refractivity contribution in [1.82, 2.24) is 4.98 Å². The van der Waals surface area contributed by atoms with Gasteiger partial charge in [0.2, 0.25) is 0 Å². The van der Waals surface area contributed by atoms with Crippen LogP contribution in [0.1, 0.15) is 44.0 Å². The van der Waals surface area contributed by atoms with E-state index >= 15 is 0 Å². The molecule has 0 amide bonds. The molecule has 1 rings (SSSR count). The molecule has 3 nitrogen and oxygen atoms in total. The molecule has 4 heteroatoms. The summed E-state index contributed by atoms with van der Waals surface area (Å²) >= 11 is 1.53. The fourth-order valence-electron chi connectivity index (χ4n) is 0.975. The van der Waals surface area contributed by atoms with Gasteiger partial charge in [-0.25, -0.2) is 4.98 Å². The van der Waals surface area contributed by atoms with Gasteiger partial charge in [-0.3, -0.25) is 0 Å². The van der Waals surface area contributed by atoms with Gasteiger partial charge in [0.1, 0.15) is 6.10 Å². The fourth-order valence-corrected chi connectivity index (χ4v) is 1.93. The maximum atomic E-state index is 9.52. The zero-order valence-electron chi connectivity index (χ0n) is 8.61. The quantitative estimate of drug-likeness (QED) is 0.815. The Bertz CT molecular complexity index is 346. The first kappa shape index (κ1) is 11.2. The van der Waals surface area contributed by atoms with Crippen molar-refractivity contribution < 1.29 is 5.11 Å². The first-order chi connectivity index (χ1) is 6.45. The van der Waals surface area contributed by atoms with Crippen molar-refractivity contribution in [3.8, 4) is 6.07 Å². The third kappa shape index (κ3) is 2.53. The summed E-state index contributed by atoms with van der Waals surface area (Å²) < 4.78 is 0. The van der Waals surface area contributed by atoms with Crippen molar-refractivity contribution in [1.29, 1.82) is 5.26 Å². The van der Waals surface area contributed by atoms with Gasteiger partial charge in [0, 0.05) is 10.8 Å². The highest BCUT2D eigenvalue weighted by atomic mass is 32.1. The second-order valence-corrected chi connectivity index (χ2v) is 5.06. The molecule has 0 radical (unpaired) electrons. The van der Waals surface area contributed by atoms with Gasteiger partial charge in [-0.15, -0.1) is 11.3 Å². The summed E-state index contributed by atoms with van der Waals surface area (Å²) in [5.74, 6) is 0. The molecule has 1 N–H and O–H groups in total. The van der Waals surface area contributed by atoms with E-state index < -0.39 is 6.10 Å². The van der Waals surface area contributed by atoms with Crippen LogP contribution in [0, 0.1) is 11.3 Å². The average molecular weight is 210 g/mol. The number of aliphatic hydroxyl groups excluding tert-OH is 1. The smallest absolute Gasteiger partial charge is 0.110 e. The molecule has 0 aliphatic rings. The minimum absolute atomic E-state index is 0.00921. The number of aromatic nitrogens is 1. The number of hydrogen-bond acceptors (Lipinski definition) is 4. The lowest BCUT2D eigenvalue weighted by Crippen LogP contribution is -2.11. The zero-order chi connectivity index (χ0) is 10.8. The number of rotatable bonds is 2. The SMILES string of the molecule is CC(C)(C)c1nc(C(O)CC#N)cs1. The number of nitriles is 1. The summed E-state index contributed by atoms with van der Waals surface area (Å²) in [5, 5.41) is 20.8. The van der Waals surface area contributed by atoms with E-state index in [4.69, 9.17) is 5.26 Å². The first-order valence-electron chi connectivity index (χ1n) is 4.46. The van der Waals surface area contributed by atoms with Gasteiger partial charge in [-0.05, 0) is 0 Å². The zero-order valence-corrected chi connectivity index (χ0v) is 9.43. The third-order valence-corrected chi connectivity index (χ3v) is 3.08. The Balaban J connectivity index is 2.84. The summed E-state index contributed by atoms with van der Waals surface area (Å²) in [7, 11) is 0. The lowest BCUT2D eigenvalue weighted by Gasteiger charge is -2.13. The third-order valence-electron chi connectivity index (χ3n) is 1.79. The summed E-state index contributed by atoms with van der Waals surface area (Å²) in [6.45, 7) is 6.23. The minimum atomic E-state index is -0.743. The molecule has 1 aromatic rings. The Morgan fingerprint density at radius 2 is 2.29 bits per heavy atom. The largest absolute Gasteiger partial charge is 0.386 e. The van der Waals surface area contributed by atoms with Crippen LogP contribution in [0.25, 0.3) is 0 Å². The molecule has 0 saturated heterocycles. The second-order valence-electron chi connectivity index (χ2n) is 4.21. The molecular formula is C10H14N2OS. The van der Waals surface area contributed by atoms with Crippen molar-refractivity contribution in [3.05, 3.63) is 16.1 Å². The van der Waals surface area contributed by atoms with Gasteiger partial charge < -0.3 is 5.11 Å². The molecule has 76 valence electrons. The van der Waals surface area contributed by atoms with E-state index in [-0.39, 0.29) is 11.8 Å². The van der Waals surface area contributed by atoms with Crippen LogP contribution in [0.2, 0.25) is 0 Å². The van der Waals surface area contributed by atoms with Crippen LogP contribution in [0.3, 0.4) is 0 Å². The second kappa shape index (κ2) is 4.07. The highest BCUT2D eigenvalue weighted by Gasteiger charge is 2.20. The minimum Gasteiger partial charge on any atom is -0.386 e. The van der Waals surface area contributed by atoms with Crippen LogP contribution in [-0.2, 0) is 5.41 Å². The Labute approximate surface area is 88.0 Å². The average Bonchev–Trinajstić information content (AvgIpc) is 2.51. The predicted molar refractivity (Wildman–Crippen MR) is 56.0 cm³/mol. The summed E-state index contributed by atoms with van der Waals surface area (Å²) in [6, 6.07) is 1.93. The standard InChI is InChI=1S/C10H14N2OS/c1-10(2,3)9-12-7(6-14-9)8(13)4-5-11/h6,8,13H,4H2,1-3H3. The Kier molecular flexibility index (Phi) is 3.25. The van der Waals surface area contributed by atoms with Crippen molar-refractivity contribution in [2.24, 2.45) is 0 Å². The predicted octanol–water partition coefficient (Wildman–Crippen LogP) is 2.39. The Hall–Kier alpha value is -0.920. The van der Waals surface area contributed by atoms with E-state index in [1.165, 1.54) is 11.3 Å². The van der Waals surface area contributed by atoms with Crippen molar-refractivity contribution in [2.75, 3.05) is 0 Å². The molecule has 0 fully saturated rings. The molecule has 0 bridgehead atoms. The van der Waals surface area contributed by atoms with Crippen LogP contribution in [0.4, 0.5) is 0 Å². The Morgan fingerprint density at radius 1 is 1.64 bits per heavy atom. The van der Waals surface area contributed by atoms with Gasteiger partial charge in [-0.1, -0.05) is 20.8 Å². The van der Waals surface area contributed by atoms with Crippen molar-refractivity contribution >= 4 is 11.3 Å². The molecule has 0 aromatic carbocycles. The Morgan fingerprint density at radius 3 is 2.71 bits per heavy atom. The molecule has 1 heterocycles.